The van der Waals surface area contributed by atoms with Gasteiger partial charge in [0.1, 0.15) is 31.4 Å². The van der Waals surface area contributed by atoms with Gasteiger partial charge in [0.05, 0.1) is 18.2 Å². The number of likely N-dealkylation sites (tertiary alicyclic amines) is 1. The second kappa shape index (κ2) is 8.82. The first-order chi connectivity index (χ1) is 16.1. The molecule has 168 valence electrons. The molecule has 2 aromatic carbocycles. The van der Waals surface area contributed by atoms with Gasteiger partial charge in [0, 0.05) is 18.5 Å². The number of ether oxygens (including phenoxy) is 2. The molecule has 2 aliphatic heterocycles. The van der Waals surface area contributed by atoms with Crippen LogP contribution in [0.2, 0.25) is 0 Å². The Bertz CT molecular complexity index is 1200. The van der Waals surface area contributed by atoms with E-state index in [1.807, 2.05) is 53.6 Å². The van der Waals surface area contributed by atoms with Crippen LogP contribution in [0.3, 0.4) is 0 Å². The number of aliphatic hydroxyl groups is 1. The van der Waals surface area contributed by atoms with E-state index in [4.69, 9.17) is 9.47 Å². The van der Waals surface area contributed by atoms with E-state index in [2.05, 4.69) is 4.98 Å². The Balaban J connectivity index is 1.52. The van der Waals surface area contributed by atoms with Crippen molar-refractivity contribution in [3.8, 4) is 11.5 Å². The van der Waals surface area contributed by atoms with Gasteiger partial charge in [-0.15, -0.1) is 0 Å². The fourth-order valence-corrected chi connectivity index (χ4v) is 4.32. The first-order valence-electron chi connectivity index (χ1n) is 10.9. The molecule has 1 aromatic heterocycles. The molecule has 1 atom stereocenters. The fourth-order valence-electron chi connectivity index (χ4n) is 4.32. The minimum atomic E-state index is -0.689. The predicted molar refractivity (Wildman–Crippen MR) is 118 cm³/mol. The maximum atomic E-state index is 13.1. The van der Waals surface area contributed by atoms with E-state index >= 15 is 0 Å². The second-order valence-electron chi connectivity index (χ2n) is 7.96. The molecule has 0 bridgehead atoms. The molecule has 2 N–H and O–H groups in total. The second-order valence-corrected chi connectivity index (χ2v) is 7.96. The molecular weight excluding hydrogens is 422 g/mol. The van der Waals surface area contributed by atoms with Crippen LogP contribution in [-0.2, 0) is 16.1 Å². The average molecular weight is 446 g/mol. The predicted octanol–water partition coefficient (Wildman–Crippen LogP) is 2.59. The van der Waals surface area contributed by atoms with Crippen LogP contribution in [-0.4, -0.2) is 46.4 Å². The number of carbonyl (C=O) groups excluding carboxylic acids is 2. The molecule has 5 rings (SSSR count). The third kappa shape index (κ3) is 3.95. The van der Waals surface area contributed by atoms with Gasteiger partial charge in [-0.05, 0) is 23.8 Å². The van der Waals surface area contributed by atoms with Crippen LogP contribution < -0.4 is 14.0 Å². The van der Waals surface area contributed by atoms with Crippen LogP contribution in [0.4, 0.5) is 0 Å². The number of aromatic amines is 1. The number of aliphatic hydroxyl groups excluding tert-OH is 1. The van der Waals surface area contributed by atoms with Crippen LogP contribution >= 0.6 is 0 Å². The standard InChI is InChI=1S/C25H23N3O5/c29-23(18-7-8-19-20(15-18)33-14-13-32-19)21-22(17-5-2-1-3-6-17)28(25(31)24(21)30)11-4-10-27-12-9-26-16-27/h1-3,5-9,12,15-16,22H,4,10-11,13-14H2,(H,29,30)/p+1. The number of hydrogen-bond acceptors (Lipinski definition) is 5. The number of ketones is 1. The number of rotatable bonds is 6. The van der Waals surface area contributed by atoms with Gasteiger partial charge in [0.15, 0.2) is 11.5 Å². The highest BCUT2D eigenvalue weighted by atomic mass is 16.6. The van der Waals surface area contributed by atoms with Gasteiger partial charge in [-0.2, -0.15) is 0 Å². The summed E-state index contributed by atoms with van der Waals surface area (Å²) in [5.41, 5.74) is 1.25. The molecule has 1 fully saturated rings. The number of fused-ring (bicyclic) bond motifs is 1. The highest BCUT2D eigenvalue weighted by Gasteiger charge is 2.45. The van der Waals surface area contributed by atoms with Gasteiger partial charge in [-0.3, -0.25) is 14.6 Å². The van der Waals surface area contributed by atoms with Gasteiger partial charge < -0.3 is 19.5 Å². The smallest absolute Gasteiger partial charge is 0.295 e. The Hall–Kier alpha value is -4.07. The van der Waals surface area contributed by atoms with E-state index in [0.717, 1.165) is 5.56 Å². The van der Waals surface area contributed by atoms with Gasteiger partial charge in [0.2, 0.25) is 6.33 Å². The van der Waals surface area contributed by atoms with E-state index < -0.39 is 17.7 Å². The van der Waals surface area contributed by atoms with E-state index in [-0.39, 0.29) is 11.3 Å². The van der Waals surface area contributed by atoms with Crippen molar-refractivity contribution < 1.29 is 28.7 Å². The lowest BCUT2D eigenvalue weighted by Gasteiger charge is -2.25. The largest absolute Gasteiger partial charge is 0.507 e. The zero-order valence-electron chi connectivity index (χ0n) is 17.9. The molecule has 0 spiro atoms. The van der Waals surface area contributed by atoms with Crippen LogP contribution in [0.25, 0.3) is 5.76 Å². The Morgan fingerprint density at radius 3 is 2.64 bits per heavy atom. The summed E-state index contributed by atoms with van der Waals surface area (Å²) in [7, 11) is 0. The number of nitrogens with zero attached hydrogens (tertiary/aromatic N) is 2. The van der Waals surface area contributed by atoms with Gasteiger partial charge in [-0.1, -0.05) is 30.3 Å². The lowest BCUT2D eigenvalue weighted by Crippen LogP contribution is -2.36. The molecule has 8 heteroatoms. The number of hydrogen-bond donors (Lipinski definition) is 2. The quantitative estimate of drug-likeness (QED) is 0.263. The minimum Gasteiger partial charge on any atom is -0.507 e. The lowest BCUT2D eigenvalue weighted by molar-refractivity contribution is -0.695. The summed E-state index contributed by atoms with van der Waals surface area (Å²) in [6.07, 6.45) is 6.22. The van der Waals surface area contributed by atoms with Crippen molar-refractivity contribution in [3.05, 3.63) is 84.0 Å². The Morgan fingerprint density at radius 2 is 1.88 bits per heavy atom. The summed E-state index contributed by atoms with van der Waals surface area (Å²) >= 11 is 0. The van der Waals surface area contributed by atoms with Gasteiger partial charge >= 0.3 is 0 Å². The van der Waals surface area contributed by atoms with E-state index in [1.165, 1.54) is 0 Å². The summed E-state index contributed by atoms with van der Waals surface area (Å²) < 4.78 is 13.1. The van der Waals surface area contributed by atoms with Crippen molar-refractivity contribution in [1.82, 2.24) is 9.88 Å². The molecule has 0 radical (unpaired) electrons. The molecule has 1 unspecified atom stereocenters. The number of imidazole rings is 1. The molecule has 0 aliphatic carbocycles. The summed E-state index contributed by atoms with van der Waals surface area (Å²) in [5.74, 6) is -0.436. The summed E-state index contributed by atoms with van der Waals surface area (Å²) in [4.78, 5) is 30.7. The van der Waals surface area contributed by atoms with Crippen LogP contribution in [0.15, 0.2) is 72.8 Å². The first kappa shape index (κ1) is 20.8. The maximum absolute atomic E-state index is 13.1. The number of Topliss-reactive ketones (excluding diaryl/α,β-unsaturated/α-hetero) is 1. The number of carbonyl (C=O) groups is 2. The van der Waals surface area contributed by atoms with Crippen LogP contribution in [0.5, 0.6) is 11.5 Å². The lowest BCUT2D eigenvalue weighted by atomic mass is 9.95. The normalized spacial score (nSPS) is 19.2. The minimum absolute atomic E-state index is 0.0807. The van der Waals surface area contributed by atoms with Crippen LogP contribution in [0, 0.1) is 0 Å². The Labute approximate surface area is 190 Å². The molecule has 0 saturated carbocycles. The third-order valence-corrected chi connectivity index (χ3v) is 5.89. The number of nitrogens with one attached hydrogen (secondary N) is 1. The number of benzene rings is 2. The third-order valence-electron chi connectivity index (χ3n) is 5.89. The van der Waals surface area contributed by atoms with Crippen molar-refractivity contribution in [2.45, 2.75) is 19.0 Å². The first-order valence-corrected chi connectivity index (χ1v) is 10.9. The average Bonchev–Trinajstić information content (AvgIpc) is 3.46. The highest BCUT2D eigenvalue weighted by Crippen LogP contribution is 2.41. The number of aryl methyl sites for hydroxylation is 1. The molecule has 2 aliphatic rings. The fraction of sp³-hybridized carbons (Fsp3) is 0.240. The monoisotopic (exact) mass is 446 g/mol. The van der Waals surface area contributed by atoms with E-state index in [9.17, 15) is 14.7 Å². The molecule has 33 heavy (non-hydrogen) atoms. The highest BCUT2D eigenvalue weighted by molar-refractivity contribution is 6.46. The SMILES string of the molecule is O=C1C(=O)N(CCC[n+]2cc[nH]c2)C(c2ccccc2)/C1=C(\O)c1ccc2c(c1)OCCO2. The number of amides is 1. The molecule has 1 amide bonds. The van der Waals surface area contributed by atoms with Crippen molar-refractivity contribution in [2.75, 3.05) is 19.8 Å². The molecular formula is C25H24N3O5+. The van der Waals surface area contributed by atoms with E-state index in [0.29, 0.717) is 49.8 Å². The van der Waals surface area contributed by atoms with E-state index in [1.54, 1.807) is 23.1 Å². The van der Waals surface area contributed by atoms with Crippen molar-refractivity contribution >= 4 is 17.4 Å². The molecule has 3 heterocycles. The van der Waals surface area contributed by atoms with Crippen LogP contribution in [0.1, 0.15) is 23.6 Å². The van der Waals surface area contributed by atoms with Gasteiger partial charge in [-0.25, -0.2) is 4.57 Å². The molecule has 8 nitrogen and oxygen atoms in total. The summed E-state index contributed by atoms with van der Waals surface area (Å²) in [6.45, 7) is 1.93. The molecule has 1 saturated heterocycles. The summed E-state index contributed by atoms with van der Waals surface area (Å²) in [5, 5.41) is 11.2. The zero-order valence-corrected chi connectivity index (χ0v) is 17.9. The zero-order chi connectivity index (χ0) is 22.8. The number of aromatic nitrogens is 2. The maximum Gasteiger partial charge on any atom is 0.295 e. The summed E-state index contributed by atoms with van der Waals surface area (Å²) in [6, 6.07) is 13.6. The van der Waals surface area contributed by atoms with Crippen molar-refractivity contribution in [3.63, 3.8) is 0 Å². The Kier molecular flexibility index (Phi) is 5.56. The Morgan fingerprint density at radius 1 is 1.09 bits per heavy atom. The van der Waals surface area contributed by atoms with Crippen molar-refractivity contribution in [2.24, 2.45) is 0 Å². The molecule has 3 aromatic rings. The van der Waals surface area contributed by atoms with Crippen molar-refractivity contribution in [1.29, 1.82) is 0 Å². The number of H-pyrrole nitrogens is 1. The van der Waals surface area contributed by atoms with Gasteiger partial charge in [0.25, 0.3) is 11.7 Å². The topological polar surface area (TPSA) is 95.7 Å².